The summed E-state index contributed by atoms with van der Waals surface area (Å²) >= 11 is 0. The third-order valence-electron chi connectivity index (χ3n) is 1.70. The number of nitrogens with zero attached hydrogens (tertiary/aromatic N) is 1. The molecule has 68 valence electrons. The normalized spacial score (nSPS) is 12.2. The second-order valence-corrected chi connectivity index (χ2v) is 2.97. The van der Waals surface area contributed by atoms with Gasteiger partial charge in [0.05, 0.1) is 17.7 Å². The van der Waals surface area contributed by atoms with Crippen LogP contribution in [0, 0.1) is 17.1 Å². The largest absolute Gasteiger partial charge is 0.393 e. The highest BCUT2D eigenvalue weighted by Crippen LogP contribution is 2.12. The van der Waals surface area contributed by atoms with Crippen molar-refractivity contribution in [3.63, 3.8) is 0 Å². The smallest absolute Gasteiger partial charge is 0.123 e. The number of halogens is 1. The molecule has 0 amide bonds. The first-order chi connectivity index (χ1) is 6.13. The van der Waals surface area contributed by atoms with Crippen LogP contribution in [0.5, 0.6) is 0 Å². The molecule has 2 nitrogen and oxygen atoms in total. The maximum atomic E-state index is 12.7. The van der Waals surface area contributed by atoms with Gasteiger partial charge in [-0.25, -0.2) is 4.39 Å². The van der Waals surface area contributed by atoms with E-state index in [9.17, 15) is 4.39 Å². The Balaban J connectivity index is 3.03. The maximum Gasteiger partial charge on any atom is 0.123 e. The topological polar surface area (TPSA) is 44.0 Å². The van der Waals surface area contributed by atoms with Crippen LogP contribution in [0.25, 0.3) is 0 Å². The first-order valence-corrected chi connectivity index (χ1v) is 4.00. The van der Waals surface area contributed by atoms with Crippen molar-refractivity contribution in [3.8, 4) is 6.07 Å². The number of aliphatic hydroxyl groups excluding tert-OH is 1. The number of hydrogen-bond acceptors (Lipinski definition) is 2. The van der Waals surface area contributed by atoms with E-state index >= 15 is 0 Å². The van der Waals surface area contributed by atoms with Crippen molar-refractivity contribution >= 4 is 0 Å². The molecule has 0 aliphatic rings. The lowest BCUT2D eigenvalue weighted by Crippen LogP contribution is -2.06. The van der Waals surface area contributed by atoms with E-state index in [0.29, 0.717) is 17.5 Å². The molecule has 0 heterocycles. The van der Waals surface area contributed by atoms with Gasteiger partial charge in [-0.3, -0.25) is 0 Å². The molecular formula is C10H10FNO. The number of nitriles is 1. The first-order valence-electron chi connectivity index (χ1n) is 4.00. The van der Waals surface area contributed by atoms with Gasteiger partial charge in [0.2, 0.25) is 0 Å². The second kappa shape index (κ2) is 4.01. The van der Waals surface area contributed by atoms with Crippen LogP contribution < -0.4 is 0 Å². The summed E-state index contributed by atoms with van der Waals surface area (Å²) in [6.45, 7) is 1.60. The fraction of sp³-hybridized carbons (Fsp3) is 0.300. The highest BCUT2D eigenvalue weighted by atomic mass is 19.1. The van der Waals surface area contributed by atoms with Crippen LogP contribution in [-0.4, -0.2) is 11.2 Å². The SMILES string of the molecule is C[C@H](O)Cc1cc(F)ccc1C#N. The van der Waals surface area contributed by atoms with Gasteiger partial charge in [0.1, 0.15) is 5.82 Å². The molecule has 1 rings (SSSR count). The van der Waals surface area contributed by atoms with Crippen LogP contribution in [0.4, 0.5) is 4.39 Å². The van der Waals surface area contributed by atoms with E-state index in [4.69, 9.17) is 10.4 Å². The quantitative estimate of drug-likeness (QED) is 0.749. The zero-order valence-electron chi connectivity index (χ0n) is 7.29. The van der Waals surface area contributed by atoms with Gasteiger partial charge in [0.25, 0.3) is 0 Å². The van der Waals surface area contributed by atoms with Crippen LogP contribution in [0.3, 0.4) is 0 Å². The van der Waals surface area contributed by atoms with Crippen molar-refractivity contribution in [1.82, 2.24) is 0 Å². The summed E-state index contributed by atoms with van der Waals surface area (Å²) in [6, 6.07) is 5.90. The molecule has 0 spiro atoms. The predicted octanol–water partition coefficient (Wildman–Crippen LogP) is 1.62. The van der Waals surface area contributed by atoms with Crippen molar-refractivity contribution in [2.24, 2.45) is 0 Å². The van der Waals surface area contributed by atoms with Gasteiger partial charge in [-0.2, -0.15) is 5.26 Å². The van der Waals surface area contributed by atoms with Crippen molar-refractivity contribution in [1.29, 1.82) is 5.26 Å². The molecule has 1 aromatic rings. The van der Waals surface area contributed by atoms with Crippen molar-refractivity contribution in [2.45, 2.75) is 19.4 Å². The molecule has 1 aromatic carbocycles. The minimum Gasteiger partial charge on any atom is -0.393 e. The molecule has 0 aliphatic heterocycles. The Labute approximate surface area is 76.2 Å². The second-order valence-electron chi connectivity index (χ2n) is 2.97. The van der Waals surface area contributed by atoms with Crippen LogP contribution in [-0.2, 0) is 6.42 Å². The van der Waals surface area contributed by atoms with Crippen molar-refractivity contribution < 1.29 is 9.50 Å². The molecule has 0 unspecified atom stereocenters. The predicted molar refractivity (Wildman–Crippen MR) is 46.5 cm³/mol. The Hall–Kier alpha value is -1.40. The third-order valence-corrected chi connectivity index (χ3v) is 1.70. The van der Waals surface area contributed by atoms with Crippen LogP contribution >= 0.6 is 0 Å². The average Bonchev–Trinajstić information content (AvgIpc) is 2.03. The zero-order valence-corrected chi connectivity index (χ0v) is 7.29. The Morgan fingerprint density at radius 1 is 1.62 bits per heavy atom. The fourth-order valence-electron chi connectivity index (χ4n) is 1.16. The van der Waals surface area contributed by atoms with Crippen molar-refractivity contribution in [2.75, 3.05) is 0 Å². The van der Waals surface area contributed by atoms with Gasteiger partial charge >= 0.3 is 0 Å². The summed E-state index contributed by atoms with van der Waals surface area (Å²) in [7, 11) is 0. The minimum absolute atomic E-state index is 0.306. The molecule has 0 saturated carbocycles. The average molecular weight is 179 g/mol. The number of rotatable bonds is 2. The summed E-state index contributed by atoms with van der Waals surface area (Å²) < 4.78 is 12.7. The van der Waals surface area contributed by atoms with E-state index in [0.717, 1.165) is 0 Å². The molecule has 0 aliphatic carbocycles. The van der Waals surface area contributed by atoms with Gasteiger partial charge < -0.3 is 5.11 Å². The molecule has 13 heavy (non-hydrogen) atoms. The van der Waals surface area contributed by atoms with E-state index in [1.807, 2.05) is 6.07 Å². The van der Waals surface area contributed by atoms with Crippen LogP contribution in [0.1, 0.15) is 18.1 Å². The summed E-state index contributed by atoms with van der Waals surface area (Å²) in [5, 5.41) is 17.8. The maximum absolute atomic E-state index is 12.7. The van der Waals surface area contributed by atoms with Gasteiger partial charge in [-0.1, -0.05) is 0 Å². The lowest BCUT2D eigenvalue weighted by molar-refractivity contribution is 0.195. The zero-order chi connectivity index (χ0) is 9.84. The summed E-state index contributed by atoms with van der Waals surface area (Å²) in [4.78, 5) is 0. The minimum atomic E-state index is -0.561. The third kappa shape index (κ3) is 2.53. The lowest BCUT2D eigenvalue weighted by Gasteiger charge is -2.05. The van der Waals surface area contributed by atoms with E-state index in [2.05, 4.69) is 0 Å². The fourth-order valence-corrected chi connectivity index (χ4v) is 1.16. The van der Waals surface area contributed by atoms with Crippen molar-refractivity contribution in [3.05, 3.63) is 35.1 Å². The molecule has 0 radical (unpaired) electrons. The molecular weight excluding hydrogens is 169 g/mol. The monoisotopic (exact) mass is 179 g/mol. The molecule has 0 aromatic heterocycles. The number of benzene rings is 1. The number of aliphatic hydroxyl groups is 1. The molecule has 3 heteroatoms. The summed E-state index contributed by atoms with van der Waals surface area (Å²) in [5.41, 5.74) is 0.972. The van der Waals surface area contributed by atoms with Crippen LogP contribution in [0.2, 0.25) is 0 Å². The van der Waals surface area contributed by atoms with Gasteiger partial charge in [0, 0.05) is 0 Å². The molecule has 0 fully saturated rings. The van der Waals surface area contributed by atoms with Gasteiger partial charge in [0.15, 0.2) is 0 Å². The standard InChI is InChI=1S/C10H10FNO/c1-7(13)4-9-5-10(11)3-2-8(9)6-12/h2-3,5,7,13H,4H2,1H3/t7-/m0/s1. The van der Waals surface area contributed by atoms with E-state index in [1.165, 1.54) is 18.2 Å². The first kappa shape index (κ1) is 9.69. The lowest BCUT2D eigenvalue weighted by atomic mass is 10.0. The van der Waals surface area contributed by atoms with Gasteiger partial charge in [-0.05, 0) is 37.1 Å². The highest BCUT2D eigenvalue weighted by molar-refractivity contribution is 5.38. The van der Waals surface area contributed by atoms with E-state index < -0.39 is 6.10 Å². The number of hydrogen-bond donors (Lipinski definition) is 1. The molecule has 0 saturated heterocycles. The molecule has 0 bridgehead atoms. The Bertz CT molecular complexity index is 341. The molecule has 1 N–H and O–H groups in total. The Morgan fingerprint density at radius 3 is 2.85 bits per heavy atom. The Kier molecular flexibility index (Phi) is 2.99. The van der Waals surface area contributed by atoms with E-state index in [1.54, 1.807) is 6.92 Å². The Morgan fingerprint density at radius 2 is 2.31 bits per heavy atom. The summed E-state index contributed by atoms with van der Waals surface area (Å²) in [6.07, 6.45) is -0.255. The summed E-state index contributed by atoms with van der Waals surface area (Å²) in [5.74, 6) is -0.380. The van der Waals surface area contributed by atoms with E-state index in [-0.39, 0.29) is 5.82 Å². The van der Waals surface area contributed by atoms with Crippen LogP contribution in [0.15, 0.2) is 18.2 Å². The highest BCUT2D eigenvalue weighted by Gasteiger charge is 2.06. The van der Waals surface area contributed by atoms with Gasteiger partial charge in [-0.15, -0.1) is 0 Å². The molecule has 1 atom stereocenters.